The van der Waals surface area contributed by atoms with E-state index in [2.05, 4.69) is 35.2 Å². The number of ketones is 1. The standard InChI is InChI=1S/C30H34N2O2/c1-24(33)32(23-27-12-6-3-7-13-27)30-15-9-8-14-28(30)21-29(34)20-25-16-18-31(19-17-25)22-26-10-4-2-5-11-26/h2-15,25H,16-23H2,1H3. The molecule has 4 rings (SSSR count). The molecule has 0 saturated carbocycles. The highest BCUT2D eigenvalue weighted by Gasteiger charge is 2.23. The van der Waals surface area contributed by atoms with Gasteiger partial charge in [0.15, 0.2) is 0 Å². The summed E-state index contributed by atoms with van der Waals surface area (Å²) in [6, 6.07) is 28.4. The summed E-state index contributed by atoms with van der Waals surface area (Å²) in [4.78, 5) is 29.8. The van der Waals surface area contributed by atoms with E-state index in [1.807, 2.05) is 54.6 Å². The second kappa shape index (κ2) is 11.8. The van der Waals surface area contributed by atoms with E-state index >= 15 is 0 Å². The molecule has 176 valence electrons. The molecular weight excluding hydrogens is 420 g/mol. The zero-order chi connectivity index (χ0) is 23.8. The summed E-state index contributed by atoms with van der Waals surface area (Å²) >= 11 is 0. The molecule has 0 radical (unpaired) electrons. The lowest BCUT2D eigenvalue weighted by molar-refractivity contribution is -0.120. The van der Waals surface area contributed by atoms with Crippen LogP contribution in [0.2, 0.25) is 0 Å². The molecule has 3 aromatic carbocycles. The van der Waals surface area contributed by atoms with Crippen LogP contribution in [0.4, 0.5) is 5.69 Å². The van der Waals surface area contributed by atoms with E-state index in [1.54, 1.807) is 11.8 Å². The number of likely N-dealkylation sites (tertiary alicyclic amines) is 1. The fourth-order valence-electron chi connectivity index (χ4n) is 4.85. The van der Waals surface area contributed by atoms with Gasteiger partial charge in [0.1, 0.15) is 5.78 Å². The molecule has 1 heterocycles. The monoisotopic (exact) mass is 454 g/mol. The molecule has 0 bridgehead atoms. The van der Waals surface area contributed by atoms with Gasteiger partial charge in [0, 0.05) is 32.0 Å². The van der Waals surface area contributed by atoms with E-state index in [0.717, 1.165) is 49.3 Å². The van der Waals surface area contributed by atoms with Gasteiger partial charge in [0.2, 0.25) is 5.91 Å². The number of carbonyl (C=O) groups excluding carboxylic acids is 2. The lowest BCUT2D eigenvalue weighted by atomic mass is 9.89. The zero-order valence-electron chi connectivity index (χ0n) is 20.0. The Hall–Kier alpha value is -3.24. The minimum atomic E-state index is -0.0189. The number of anilines is 1. The van der Waals surface area contributed by atoms with Crippen molar-refractivity contribution in [1.29, 1.82) is 0 Å². The molecule has 1 aliphatic rings. The summed E-state index contributed by atoms with van der Waals surface area (Å²) in [5, 5.41) is 0. The van der Waals surface area contributed by atoms with Crippen LogP contribution < -0.4 is 4.90 Å². The van der Waals surface area contributed by atoms with Crippen LogP contribution >= 0.6 is 0 Å². The van der Waals surface area contributed by atoms with Crippen LogP contribution in [-0.2, 0) is 29.1 Å². The molecule has 0 atom stereocenters. The normalized spacial score (nSPS) is 14.6. The van der Waals surface area contributed by atoms with E-state index in [4.69, 9.17) is 0 Å². The van der Waals surface area contributed by atoms with Crippen LogP contribution in [0.5, 0.6) is 0 Å². The first kappa shape index (κ1) is 23.9. The third-order valence-electron chi connectivity index (χ3n) is 6.71. The van der Waals surface area contributed by atoms with Crippen LogP contribution in [0.3, 0.4) is 0 Å². The van der Waals surface area contributed by atoms with Gasteiger partial charge in [-0.05, 0) is 54.6 Å². The Kier molecular flexibility index (Phi) is 8.26. The largest absolute Gasteiger partial charge is 0.308 e. The van der Waals surface area contributed by atoms with Crippen molar-refractivity contribution in [1.82, 2.24) is 4.90 Å². The maximum absolute atomic E-state index is 13.0. The SMILES string of the molecule is CC(=O)N(Cc1ccccc1)c1ccccc1CC(=O)CC1CCN(Cc2ccccc2)CC1. The van der Waals surface area contributed by atoms with Gasteiger partial charge >= 0.3 is 0 Å². The number of hydrogen-bond donors (Lipinski definition) is 0. The van der Waals surface area contributed by atoms with Gasteiger partial charge in [-0.2, -0.15) is 0 Å². The number of nitrogens with zero attached hydrogens (tertiary/aromatic N) is 2. The van der Waals surface area contributed by atoms with Crippen molar-refractivity contribution < 1.29 is 9.59 Å². The molecular formula is C30H34N2O2. The fraction of sp³-hybridized carbons (Fsp3) is 0.333. The van der Waals surface area contributed by atoms with Gasteiger partial charge in [-0.25, -0.2) is 0 Å². The van der Waals surface area contributed by atoms with Gasteiger partial charge in [-0.3, -0.25) is 14.5 Å². The van der Waals surface area contributed by atoms with E-state index in [1.165, 1.54) is 5.56 Å². The van der Waals surface area contributed by atoms with Crippen LogP contribution in [0.1, 0.15) is 42.9 Å². The topological polar surface area (TPSA) is 40.6 Å². The molecule has 1 amide bonds. The highest BCUT2D eigenvalue weighted by atomic mass is 16.2. The van der Waals surface area contributed by atoms with E-state index in [9.17, 15) is 9.59 Å². The van der Waals surface area contributed by atoms with Crippen molar-refractivity contribution in [2.75, 3.05) is 18.0 Å². The predicted molar refractivity (Wildman–Crippen MR) is 138 cm³/mol. The Morgan fingerprint density at radius 3 is 2.06 bits per heavy atom. The maximum Gasteiger partial charge on any atom is 0.224 e. The summed E-state index contributed by atoms with van der Waals surface area (Å²) in [7, 11) is 0. The number of para-hydroxylation sites is 1. The third-order valence-corrected chi connectivity index (χ3v) is 6.71. The Balaban J connectivity index is 1.34. The molecule has 1 fully saturated rings. The number of rotatable bonds is 9. The Morgan fingerprint density at radius 2 is 1.41 bits per heavy atom. The van der Waals surface area contributed by atoms with E-state index < -0.39 is 0 Å². The summed E-state index contributed by atoms with van der Waals surface area (Å²) in [5.74, 6) is 0.687. The van der Waals surface area contributed by atoms with Crippen LogP contribution in [0, 0.1) is 5.92 Å². The molecule has 3 aromatic rings. The molecule has 1 aliphatic heterocycles. The molecule has 4 heteroatoms. The summed E-state index contributed by atoms with van der Waals surface area (Å²) in [6.07, 6.45) is 3.12. The number of hydrogen-bond acceptors (Lipinski definition) is 3. The number of Topliss-reactive ketones (excluding diaryl/α,β-unsaturated/α-hetero) is 1. The third kappa shape index (κ3) is 6.64. The lowest BCUT2D eigenvalue weighted by Crippen LogP contribution is -2.34. The Bertz CT molecular complexity index is 1070. The zero-order valence-corrected chi connectivity index (χ0v) is 20.0. The van der Waals surface area contributed by atoms with Crippen molar-refractivity contribution in [2.45, 2.75) is 45.7 Å². The first-order valence-corrected chi connectivity index (χ1v) is 12.3. The average Bonchev–Trinajstić information content (AvgIpc) is 2.85. The molecule has 0 spiro atoms. The Morgan fingerprint density at radius 1 is 0.824 bits per heavy atom. The number of benzene rings is 3. The predicted octanol–water partition coefficient (Wildman–Crippen LogP) is 5.65. The van der Waals surface area contributed by atoms with Gasteiger partial charge < -0.3 is 4.90 Å². The molecule has 1 saturated heterocycles. The minimum Gasteiger partial charge on any atom is -0.308 e. The number of amides is 1. The minimum absolute atomic E-state index is 0.0189. The van der Waals surface area contributed by atoms with E-state index in [-0.39, 0.29) is 11.7 Å². The maximum atomic E-state index is 13.0. The second-order valence-corrected chi connectivity index (χ2v) is 9.34. The van der Waals surface area contributed by atoms with Gasteiger partial charge in [0.05, 0.1) is 6.54 Å². The fourth-order valence-corrected chi connectivity index (χ4v) is 4.85. The van der Waals surface area contributed by atoms with Crippen molar-refractivity contribution in [3.8, 4) is 0 Å². The highest BCUT2D eigenvalue weighted by molar-refractivity contribution is 5.93. The molecule has 0 N–H and O–H groups in total. The highest BCUT2D eigenvalue weighted by Crippen LogP contribution is 2.26. The lowest BCUT2D eigenvalue weighted by Gasteiger charge is -2.31. The molecule has 0 aliphatic carbocycles. The van der Waals surface area contributed by atoms with Crippen LogP contribution in [-0.4, -0.2) is 29.7 Å². The smallest absolute Gasteiger partial charge is 0.224 e. The van der Waals surface area contributed by atoms with Crippen LogP contribution in [0.15, 0.2) is 84.9 Å². The molecule has 34 heavy (non-hydrogen) atoms. The average molecular weight is 455 g/mol. The number of piperidine rings is 1. The van der Waals surface area contributed by atoms with Crippen molar-refractivity contribution in [3.05, 3.63) is 102 Å². The molecule has 0 aromatic heterocycles. The first-order valence-electron chi connectivity index (χ1n) is 12.3. The summed E-state index contributed by atoms with van der Waals surface area (Å²) in [6.45, 7) is 5.15. The van der Waals surface area contributed by atoms with E-state index in [0.29, 0.717) is 25.3 Å². The van der Waals surface area contributed by atoms with Gasteiger partial charge in [-0.1, -0.05) is 78.9 Å². The number of carbonyl (C=O) groups is 2. The van der Waals surface area contributed by atoms with Crippen molar-refractivity contribution >= 4 is 17.4 Å². The summed E-state index contributed by atoms with van der Waals surface area (Å²) in [5.41, 5.74) is 4.19. The summed E-state index contributed by atoms with van der Waals surface area (Å²) < 4.78 is 0. The first-order chi connectivity index (χ1) is 16.6. The Labute approximate surface area is 203 Å². The quantitative estimate of drug-likeness (QED) is 0.419. The van der Waals surface area contributed by atoms with Gasteiger partial charge in [-0.15, -0.1) is 0 Å². The molecule has 4 nitrogen and oxygen atoms in total. The van der Waals surface area contributed by atoms with Gasteiger partial charge in [0.25, 0.3) is 0 Å². The molecule has 0 unspecified atom stereocenters. The van der Waals surface area contributed by atoms with Crippen LogP contribution in [0.25, 0.3) is 0 Å². The van der Waals surface area contributed by atoms with Crippen molar-refractivity contribution in [3.63, 3.8) is 0 Å². The second-order valence-electron chi connectivity index (χ2n) is 9.34. The van der Waals surface area contributed by atoms with Crippen molar-refractivity contribution in [2.24, 2.45) is 5.92 Å².